The second kappa shape index (κ2) is 7.01. The highest BCUT2D eigenvalue weighted by Crippen LogP contribution is 2.32. The molecule has 0 amide bonds. The quantitative estimate of drug-likeness (QED) is 0.158. The molecule has 0 radical (unpaired) electrons. The number of hydrogen-bond acceptors (Lipinski definition) is 5. The van der Waals surface area contributed by atoms with Crippen molar-refractivity contribution in [2.45, 2.75) is 0 Å². The lowest BCUT2D eigenvalue weighted by Crippen LogP contribution is -2.12. The first-order valence-corrected chi connectivity index (χ1v) is 8.72. The Labute approximate surface area is 165 Å². The van der Waals surface area contributed by atoms with E-state index in [1.54, 1.807) is 30.5 Å². The summed E-state index contributed by atoms with van der Waals surface area (Å²) in [6, 6.07) is 18.3. The van der Waals surface area contributed by atoms with Crippen LogP contribution in [0.1, 0.15) is 11.1 Å². The number of fused-ring (bicyclic) bond motifs is 1. The van der Waals surface area contributed by atoms with E-state index in [4.69, 9.17) is 22.1 Å². The van der Waals surface area contributed by atoms with Gasteiger partial charge in [-0.1, -0.05) is 47.6 Å². The SMILES string of the molecule is N=C(N)c1ccc2nc(-c3cccc(-c4ccc(/C(N)=N/O)cc4)c3)c(O)n2c1. The van der Waals surface area contributed by atoms with Crippen molar-refractivity contribution in [3.63, 3.8) is 0 Å². The van der Waals surface area contributed by atoms with Crippen molar-refractivity contribution < 1.29 is 10.3 Å². The first-order chi connectivity index (χ1) is 14.0. The third-order valence-corrected chi connectivity index (χ3v) is 4.66. The van der Waals surface area contributed by atoms with Gasteiger partial charge in [0.1, 0.15) is 17.2 Å². The van der Waals surface area contributed by atoms with Gasteiger partial charge in [-0.25, -0.2) is 4.98 Å². The second-order valence-corrected chi connectivity index (χ2v) is 6.49. The molecule has 4 rings (SSSR count). The van der Waals surface area contributed by atoms with Gasteiger partial charge >= 0.3 is 0 Å². The molecule has 0 saturated heterocycles. The molecule has 8 heteroatoms. The number of nitrogens with two attached hydrogens (primary N) is 2. The van der Waals surface area contributed by atoms with E-state index in [2.05, 4.69) is 10.1 Å². The van der Waals surface area contributed by atoms with Crippen LogP contribution in [0, 0.1) is 5.41 Å². The van der Waals surface area contributed by atoms with Crippen LogP contribution in [0.25, 0.3) is 28.0 Å². The maximum absolute atomic E-state index is 10.7. The maximum atomic E-state index is 10.7. The molecule has 0 aliphatic carbocycles. The molecule has 2 aromatic heterocycles. The third kappa shape index (κ3) is 3.23. The maximum Gasteiger partial charge on any atom is 0.224 e. The van der Waals surface area contributed by atoms with Crippen molar-refractivity contribution in [1.82, 2.24) is 9.38 Å². The minimum absolute atomic E-state index is 0.0254. The highest BCUT2D eigenvalue weighted by Gasteiger charge is 2.15. The van der Waals surface area contributed by atoms with E-state index in [0.29, 0.717) is 22.5 Å². The molecule has 0 saturated carbocycles. The smallest absolute Gasteiger partial charge is 0.224 e. The lowest BCUT2D eigenvalue weighted by molar-refractivity contribution is 0.318. The summed E-state index contributed by atoms with van der Waals surface area (Å²) in [7, 11) is 0. The number of aromatic hydroxyl groups is 1. The first-order valence-electron chi connectivity index (χ1n) is 8.72. The van der Waals surface area contributed by atoms with Crippen LogP contribution in [0.4, 0.5) is 0 Å². The molecule has 144 valence electrons. The minimum Gasteiger partial charge on any atom is -0.493 e. The summed E-state index contributed by atoms with van der Waals surface area (Å²) >= 11 is 0. The Kier molecular flexibility index (Phi) is 4.36. The standard InChI is InChI=1S/C21H18N6O2/c22-19(23)16-8-9-17-25-18(21(28)27(17)11-16)15-3-1-2-14(10-15)12-4-6-13(7-5-12)20(24)26-29/h1-11,28-29H,(H3,22,23)(H2,24,26). The Morgan fingerprint density at radius 2 is 1.62 bits per heavy atom. The molecule has 0 fully saturated rings. The number of amidine groups is 2. The lowest BCUT2D eigenvalue weighted by Gasteiger charge is -2.06. The predicted molar refractivity (Wildman–Crippen MR) is 111 cm³/mol. The van der Waals surface area contributed by atoms with E-state index in [1.807, 2.05) is 36.4 Å². The molecule has 0 atom stereocenters. The van der Waals surface area contributed by atoms with E-state index < -0.39 is 0 Å². The van der Waals surface area contributed by atoms with Crippen LogP contribution in [-0.2, 0) is 0 Å². The number of benzene rings is 2. The molecule has 0 spiro atoms. The Bertz CT molecular complexity index is 1260. The van der Waals surface area contributed by atoms with Gasteiger partial charge in [0.25, 0.3) is 0 Å². The minimum atomic E-state index is -0.0844. The number of nitrogens with one attached hydrogen (secondary N) is 1. The van der Waals surface area contributed by atoms with Crippen LogP contribution >= 0.6 is 0 Å². The van der Waals surface area contributed by atoms with Crippen LogP contribution in [-0.4, -0.2) is 31.4 Å². The molecule has 8 nitrogen and oxygen atoms in total. The summed E-state index contributed by atoms with van der Waals surface area (Å²) < 4.78 is 1.50. The molecule has 0 aliphatic rings. The zero-order chi connectivity index (χ0) is 20.5. The van der Waals surface area contributed by atoms with Crippen LogP contribution in [0.15, 0.2) is 72.0 Å². The van der Waals surface area contributed by atoms with Crippen LogP contribution in [0.5, 0.6) is 5.88 Å². The summed E-state index contributed by atoms with van der Waals surface area (Å²) in [6.45, 7) is 0. The van der Waals surface area contributed by atoms with Crippen molar-refractivity contribution in [2.24, 2.45) is 16.6 Å². The van der Waals surface area contributed by atoms with Gasteiger partial charge in [0.15, 0.2) is 5.84 Å². The van der Waals surface area contributed by atoms with Crippen molar-refractivity contribution in [1.29, 1.82) is 5.41 Å². The molecule has 4 aromatic rings. The zero-order valence-corrected chi connectivity index (χ0v) is 15.2. The van der Waals surface area contributed by atoms with Crippen LogP contribution in [0.3, 0.4) is 0 Å². The van der Waals surface area contributed by atoms with E-state index in [1.165, 1.54) is 4.40 Å². The number of nitrogens with zero attached hydrogens (tertiary/aromatic N) is 3. The van der Waals surface area contributed by atoms with Crippen LogP contribution in [0.2, 0.25) is 0 Å². The molecule has 0 bridgehead atoms. The lowest BCUT2D eigenvalue weighted by atomic mass is 10.0. The highest BCUT2D eigenvalue weighted by molar-refractivity contribution is 5.97. The van der Waals surface area contributed by atoms with Gasteiger partial charge < -0.3 is 21.8 Å². The highest BCUT2D eigenvalue weighted by atomic mass is 16.4. The Morgan fingerprint density at radius 3 is 2.31 bits per heavy atom. The van der Waals surface area contributed by atoms with Gasteiger partial charge in [0.2, 0.25) is 5.88 Å². The predicted octanol–water partition coefficient (Wildman–Crippen LogP) is 2.75. The van der Waals surface area contributed by atoms with E-state index in [-0.39, 0.29) is 17.6 Å². The van der Waals surface area contributed by atoms with Crippen LogP contribution < -0.4 is 11.5 Å². The van der Waals surface area contributed by atoms with Crippen molar-refractivity contribution in [3.05, 3.63) is 78.0 Å². The summed E-state index contributed by atoms with van der Waals surface area (Å²) in [5, 5.41) is 30.0. The summed E-state index contributed by atoms with van der Waals surface area (Å²) in [6.07, 6.45) is 1.58. The average molecular weight is 386 g/mol. The number of pyridine rings is 1. The average Bonchev–Trinajstić information content (AvgIpc) is 3.09. The molecule has 7 N–H and O–H groups in total. The molecule has 0 unspecified atom stereocenters. The number of oxime groups is 1. The van der Waals surface area contributed by atoms with Crippen molar-refractivity contribution in [3.8, 4) is 28.3 Å². The number of rotatable bonds is 4. The normalized spacial score (nSPS) is 11.7. The van der Waals surface area contributed by atoms with Gasteiger partial charge in [-0.3, -0.25) is 9.81 Å². The molecule has 2 heterocycles. The summed E-state index contributed by atoms with van der Waals surface area (Å²) in [4.78, 5) is 4.51. The fourth-order valence-corrected chi connectivity index (χ4v) is 3.12. The fourth-order valence-electron chi connectivity index (χ4n) is 3.12. The number of imidazole rings is 1. The monoisotopic (exact) mass is 386 g/mol. The largest absolute Gasteiger partial charge is 0.493 e. The van der Waals surface area contributed by atoms with E-state index >= 15 is 0 Å². The molecule has 29 heavy (non-hydrogen) atoms. The second-order valence-electron chi connectivity index (χ2n) is 6.49. The first kappa shape index (κ1) is 18.1. The van der Waals surface area contributed by atoms with Gasteiger partial charge in [0, 0.05) is 22.9 Å². The van der Waals surface area contributed by atoms with E-state index in [0.717, 1.165) is 16.7 Å². The van der Waals surface area contributed by atoms with Crippen molar-refractivity contribution >= 4 is 17.3 Å². The number of nitrogen functional groups attached to an aromatic ring is 1. The Morgan fingerprint density at radius 1 is 0.931 bits per heavy atom. The summed E-state index contributed by atoms with van der Waals surface area (Å²) in [5.41, 5.74) is 15.8. The van der Waals surface area contributed by atoms with Gasteiger partial charge in [-0.05, 0) is 29.3 Å². The number of aromatic nitrogens is 2. The third-order valence-electron chi connectivity index (χ3n) is 4.66. The Balaban J connectivity index is 1.76. The van der Waals surface area contributed by atoms with E-state index in [9.17, 15) is 5.11 Å². The Hall–Kier alpha value is -4.33. The molecule has 2 aromatic carbocycles. The summed E-state index contributed by atoms with van der Waals surface area (Å²) in [5.74, 6) is -0.0637. The molecule has 0 aliphatic heterocycles. The van der Waals surface area contributed by atoms with Gasteiger partial charge in [-0.2, -0.15) is 0 Å². The fraction of sp³-hybridized carbons (Fsp3) is 0. The van der Waals surface area contributed by atoms with Gasteiger partial charge in [0.05, 0.1) is 0 Å². The molecular formula is C21H18N6O2. The van der Waals surface area contributed by atoms with Crippen molar-refractivity contribution in [2.75, 3.05) is 0 Å². The molecular weight excluding hydrogens is 368 g/mol. The topological polar surface area (TPSA) is 146 Å². The van der Waals surface area contributed by atoms with Gasteiger partial charge in [-0.15, -0.1) is 0 Å². The number of hydrogen-bond donors (Lipinski definition) is 5. The zero-order valence-electron chi connectivity index (χ0n) is 15.2.